The van der Waals surface area contributed by atoms with Crippen molar-refractivity contribution in [1.82, 2.24) is 0 Å². The number of methoxy groups -OCH3 is 1. The van der Waals surface area contributed by atoms with Crippen LogP contribution < -0.4 is 0 Å². The molecule has 2 nitrogen and oxygen atoms in total. The van der Waals surface area contributed by atoms with E-state index >= 15 is 0 Å². The monoisotopic (exact) mass is 131 g/mol. The molecule has 46 valence electrons. The molecule has 3 heteroatoms. The molecule has 0 aromatic carbocycles. The fourth-order valence-electron chi connectivity index (χ4n) is 0.590. The molecule has 1 unspecified atom stereocenters. The number of hydrogen-bond acceptors (Lipinski definition) is 3. The maximum Gasteiger partial charge on any atom is 0.158 e. The van der Waals surface area contributed by atoms with Gasteiger partial charge in [-0.2, -0.15) is 0 Å². The summed E-state index contributed by atoms with van der Waals surface area (Å²) >= 11 is 1.75. The van der Waals surface area contributed by atoms with Crippen molar-refractivity contribution in [3.63, 3.8) is 0 Å². The Balaban J connectivity index is 2.41. The van der Waals surface area contributed by atoms with Gasteiger partial charge in [-0.15, -0.1) is 11.8 Å². The highest BCUT2D eigenvalue weighted by molar-refractivity contribution is 8.14. The average Bonchev–Trinajstić information content (AvgIpc) is 2.14. The maximum atomic E-state index is 4.97. The van der Waals surface area contributed by atoms with E-state index in [1.165, 1.54) is 0 Å². The number of ether oxygens (including phenoxy) is 1. The molecule has 1 heterocycles. The van der Waals surface area contributed by atoms with Crippen LogP contribution in [-0.2, 0) is 4.74 Å². The van der Waals surface area contributed by atoms with Crippen LogP contribution >= 0.6 is 11.8 Å². The van der Waals surface area contributed by atoms with Crippen LogP contribution in [0.4, 0.5) is 0 Å². The summed E-state index contributed by atoms with van der Waals surface area (Å²) in [6, 6.07) is 0. The molecule has 0 saturated heterocycles. The SMILES string of the molecule is COC1CSC(C)=N1. The second-order valence-corrected chi connectivity index (χ2v) is 2.86. The first-order valence-corrected chi connectivity index (χ1v) is 3.51. The average molecular weight is 131 g/mol. The smallest absolute Gasteiger partial charge is 0.158 e. The lowest BCUT2D eigenvalue weighted by Crippen LogP contribution is -2.04. The van der Waals surface area contributed by atoms with Crippen molar-refractivity contribution in [1.29, 1.82) is 0 Å². The molecule has 8 heavy (non-hydrogen) atoms. The summed E-state index contributed by atoms with van der Waals surface area (Å²) in [5.74, 6) is 0.988. The molecule has 1 aliphatic rings. The van der Waals surface area contributed by atoms with Gasteiger partial charge in [-0.05, 0) is 6.92 Å². The fourth-order valence-corrected chi connectivity index (χ4v) is 1.38. The third-order valence-electron chi connectivity index (χ3n) is 1.03. The van der Waals surface area contributed by atoms with Crippen LogP contribution in [0.3, 0.4) is 0 Å². The maximum absolute atomic E-state index is 4.97. The van der Waals surface area contributed by atoms with E-state index in [2.05, 4.69) is 4.99 Å². The van der Waals surface area contributed by atoms with Gasteiger partial charge in [0.1, 0.15) is 0 Å². The van der Waals surface area contributed by atoms with Crippen molar-refractivity contribution >= 4 is 16.8 Å². The van der Waals surface area contributed by atoms with E-state index in [1.54, 1.807) is 18.9 Å². The molecular formula is C5H9NOS. The van der Waals surface area contributed by atoms with Gasteiger partial charge in [0.15, 0.2) is 6.23 Å². The highest BCUT2D eigenvalue weighted by Crippen LogP contribution is 2.16. The zero-order valence-corrected chi connectivity index (χ0v) is 5.86. The van der Waals surface area contributed by atoms with Crippen LogP contribution in [0.25, 0.3) is 0 Å². The number of nitrogens with zero attached hydrogens (tertiary/aromatic N) is 1. The summed E-state index contributed by atoms with van der Waals surface area (Å²) in [6.45, 7) is 2.00. The molecule has 0 aliphatic carbocycles. The minimum atomic E-state index is 0.125. The Bertz CT molecular complexity index is 113. The Morgan fingerprint density at radius 2 is 2.62 bits per heavy atom. The van der Waals surface area contributed by atoms with Crippen LogP contribution in [0.15, 0.2) is 4.99 Å². The minimum Gasteiger partial charge on any atom is -0.359 e. The zero-order chi connectivity index (χ0) is 5.98. The first kappa shape index (κ1) is 6.11. The molecule has 1 aliphatic heterocycles. The number of thioether (sulfide) groups is 1. The Hall–Kier alpha value is -0.0200. The van der Waals surface area contributed by atoms with Crippen molar-refractivity contribution in [2.75, 3.05) is 12.9 Å². The first-order chi connectivity index (χ1) is 3.83. The molecule has 0 aromatic heterocycles. The number of rotatable bonds is 1. The van der Waals surface area contributed by atoms with E-state index < -0.39 is 0 Å². The summed E-state index contributed by atoms with van der Waals surface area (Å²) in [7, 11) is 1.69. The largest absolute Gasteiger partial charge is 0.359 e. The highest BCUT2D eigenvalue weighted by atomic mass is 32.2. The quantitative estimate of drug-likeness (QED) is 0.532. The molecule has 1 atom stereocenters. The van der Waals surface area contributed by atoms with Gasteiger partial charge in [-0.1, -0.05) is 0 Å². The fraction of sp³-hybridized carbons (Fsp3) is 0.800. The third kappa shape index (κ3) is 1.23. The summed E-state index contributed by atoms with van der Waals surface area (Å²) in [5, 5.41) is 1.14. The van der Waals surface area contributed by atoms with E-state index in [0.717, 1.165) is 10.8 Å². The van der Waals surface area contributed by atoms with Gasteiger partial charge < -0.3 is 4.74 Å². The lowest BCUT2D eigenvalue weighted by molar-refractivity contribution is 0.132. The van der Waals surface area contributed by atoms with Crippen molar-refractivity contribution in [2.24, 2.45) is 4.99 Å². The van der Waals surface area contributed by atoms with Gasteiger partial charge >= 0.3 is 0 Å². The normalized spacial score (nSPS) is 28.2. The van der Waals surface area contributed by atoms with Gasteiger partial charge in [0, 0.05) is 12.9 Å². The van der Waals surface area contributed by atoms with Crippen molar-refractivity contribution in [2.45, 2.75) is 13.2 Å². The second-order valence-electron chi connectivity index (χ2n) is 1.65. The Labute approximate surface area is 53.3 Å². The van der Waals surface area contributed by atoms with Crippen LogP contribution in [-0.4, -0.2) is 24.1 Å². The predicted molar refractivity (Wildman–Crippen MR) is 36.4 cm³/mol. The molecule has 0 fully saturated rings. The lowest BCUT2D eigenvalue weighted by Gasteiger charge is -1.98. The summed E-state index contributed by atoms with van der Waals surface area (Å²) < 4.78 is 4.97. The Kier molecular flexibility index (Phi) is 1.91. The first-order valence-electron chi connectivity index (χ1n) is 2.53. The van der Waals surface area contributed by atoms with Gasteiger partial charge in [0.2, 0.25) is 0 Å². The lowest BCUT2D eigenvalue weighted by atomic mass is 10.7. The van der Waals surface area contributed by atoms with E-state index in [4.69, 9.17) is 4.74 Å². The van der Waals surface area contributed by atoms with Gasteiger partial charge in [-0.3, -0.25) is 4.99 Å². The van der Waals surface area contributed by atoms with Crippen LogP contribution in [0, 0.1) is 0 Å². The Morgan fingerprint density at radius 3 is 2.88 bits per heavy atom. The molecule has 0 aromatic rings. The van der Waals surface area contributed by atoms with Crippen LogP contribution in [0.1, 0.15) is 6.92 Å². The molecule has 0 spiro atoms. The number of aliphatic imine (C=N–C) groups is 1. The van der Waals surface area contributed by atoms with E-state index in [-0.39, 0.29) is 6.23 Å². The molecule has 0 bridgehead atoms. The predicted octanol–water partition coefficient (Wildman–Crippen LogP) is 1.12. The Morgan fingerprint density at radius 1 is 1.88 bits per heavy atom. The van der Waals surface area contributed by atoms with E-state index in [9.17, 15) is 0 Å². The van der Waals surface area contributed by atoms with Crippen LogP contribution in [0.5, 0.6) is 0 Å². The van der Waals surface area contributed by atoms with E-state index in [1.807, 2.05) is 6.92 Å². The molecule has 0 saturated carbocycles. The molecule has 0 radical (unpaired) electrons. The molecule has 1 rings (SSSR count). The number of hydrogen-bond donors (Lipinski definition) is 0. The molecule has 0 amide bonds. The summed E-state index contributed by atoms with van der Waals surface area (Å²) in [5.41, 5.74) is 0. The van der Waals surface area contributed by atoms with Crippen LogP contribution in [0.2, 0.25) is 0 Å². The van der Waals surface area contributed by atoms with Crippen molar-refractivity contribution < 1.29 is 4.74 Å². The van der Waals surface area contributed by atoms with E-state index in [0.29, 0.717) is 0 Å². The minimum absolute atomic E-state index is 0.125. The third-order valence-corrected chi connectivity index (χ3v) is 2.01. The van der Waals surface area contributed by atoms with Gasteiger partial charge in [0.05, 0.1) is 5.04 Å². The summed E-state index contributed by atoms with van der Waals surface area (Å²) in [4.78, 5) is 4.16. The summed E-state index contributed by atoms with van der Waals surface area (Å²) in [6.07, 6.45) is 0.125. The molecule has 0 N–H and O–H groups in total. The topological polar surface area (TPSA) is 21.6 Å². The van der Waals surface area contributed by atoms with Gasteiger partial charge in [-0.25, -0.2) is 0 Å². The highest BCUT2D eigenvalue weighted by Gasteiger charge is 2.12. The second kappa shape index (κ2) is 2.51. The standard InChI is InChI=1S/C5H9NOS/c1-4-6-5(7-2)3-8-4/h5H,3H2,1-2H3. The zero-order valence-electron chi connectivity index (χ0n) is 5.05. The van der Waals surface area contributed by atoms with Crippen molar-refractivity contribution in [3.05, 3.63) is 0 Å². The molecular weight excluding hydrogens is 122 g/mol. The van der Waals surface area contributed by atoms with Crippen molar-refractivity contribution in [3.8, 4) is 0 Å². The van der Waals surface area contributed by atoms with Gasteiger partial charge in [0.25, 0.3) is 0 Å².